The van der Waals surface area contributed by atoms with E-state index < -0.39 is 0 Å². The largest absolute Gasteiger partial charge is 0.296 e. The zero-order valence-corrected chi connectivity index (χ0v) is 14.8. The summed E-state index contributed by atoms with van der Waals surface area (Å²) in [4.78, 5) is 0. The average Bonchev–Trinajstić information content (AvgIpc) is 2.65. The molecular weight excluding hydrogens is 302 g/mol. The molecule has 0 aliphatic heterocycles. The maximum atomic E-state index is 4.04. The Morgan fingerprint density at radius 3 is 1.44 bits per heavy atom. The minimum atomic E-state index is 0.0379. The maximum Gasteiger partial charge on any atom is 0.0513 e. The fraction of sp³-hybridized carbons (Fsp3) is 0.167. The van der Waals surface area contributed by atoms with Crippen LogP contribution in [0.1, 0.15) is 34.3 Å². The molecule has 0 aliphatic rings. The van der Waals surface area contributed by atoms with Crippen molar-refractivity contribution in [3.63, 3.8) is 0 Å². The molecule has 0 amide bonds. The fourth-order valence-corrected chi connectivity index (χ4v) is 3.12. The molecule has 128 valence electrons. The van der Waals surface area contributed by atoms with Crippen molar-refractivity contribution in [2.75, 3.05) is 0 Å². The molecule has 1 heteroatoms. The van der Waals surface area contributed by atoms with Crippen LogP contribution in [0.25, 0.3) is 0 Å². The topological polar surface area (TPSA) is 12.0 Å². The number of rotatable bonds is 10. The van der Waals surface area contributed by atoms with Gasteiger partial charge in [0, 0.05) is 0 Å². The summed E-state index contributed by atoms with van der Waals surface area (Å²) in [5.74, 6) is 0. The Labute approximate surface area is 152 Å². The molecule has 2 aromatic carbocycles. The fourth-order valence-electron chi connectivity index (χ4n) is 3.12. The lowest BCUT2D eigenvalue weighted by atomic mass is 9.94. The van der Waals surface area contributed by atoms with Gasteiger partial charge in [-0.3, -0.25) is 5.32 Å². The van der Waals surface area contributed by atoms with Gasteiger partial charge in [-0.2, -0.15) is 0 Å². The molecule has 0 saturated heterocycles. The summed E-state index contributed by atoms with van der Waals surface area (Å²) >= 11 is 0. The molecular formula is C24H27N. The van der Waals surface area contributed by atoms with Crippen LogP contribution in [-0.2, 0) is 12.8 Å². The predicted molar refractivity (Wildman–Crippen MR) is 110 cm³/mol. The Kier molecular flexibility index (Phi) is 7.18. The van der Waals surface area contributed by atoms with Crippen molar-refractivity contribution in [1.82, 2.24) is 5.32 Å². The SMILES string of the molecule is C=CCc1ccccc1C(C=C)NC(C=C)c1ccccc1CC=C. The number of hydrogen-bond donors (Lipinski definition) is 1. The van der Waals surface area contributed by atoms with E-state index in [2.05, 4.69) is 80.2 Å². The Hall–Kier alpha value is -2.64. The summed E-state index contributed by atoms with van der Waals surface area (Å²) in [6.07, 6.45) is 9.46. The monoisotopic (exact) mass is 329 g/mol. The molecule has 0 saturated carbocycles. The van der Waals surface area contributed by atoms with Gasteiger partial charge in [0.2, 0.25) is 0 Å². The third kappa shape index (κ3) is 4.68. The van der Waals surface area contributed by atoms with Crippen LogP contribution in [0.2, 0.25) is 0 Å². The van der Waals surface area contributed by atoms with Crippen LogP contribution in [-0.4, -0.2) is 0 Å². The van der Waals surface area contributed by atoms with Gasteiger partial charge < -0.3 is 0 Å². The van der Waals surface area contributed by atoms with Gasteiger partial charge in [0.15, 0.2) is 0 Å². The molecule has 2 aromatic rings. The summed E-state index contributed by atoms with van der Waals surface area (Å²) in [7, 11) is 0. The van der Waals surface area contributed by atoms with Crippen LogP contribution in [0, 0.1) is 0 Å². The molecule has 1 nitrogen and oxygen atoms in total. The van der Waals surface area contributed by atoms with E-state index in [0.717, 1.165) is 12.8 Å². The van der Waals surface area contributed by atoms with E-state index in [9.17, 15) is 0 Å². The molecule has 1 N–H and O–H groups in total. The summed E-state index contributed by atoms with van der Waals surface area (Å²) in [6.45, 7) is 15.8. The zero-order chi connectivity index (χ0) is 18.1. The van der Waals surface area contributed by atoms with Gasteiger partial charge in [0.05, 0.1) is 12.1 Å². The first-order valence-corrected chi connectivity index (χ1v) is 8.63. The van der Waals surface area contributed by atoms with Gasteiger partial charge in [0.1, 0.15) is 0 Å². The van der Waals surface area contributed by atoms with Gasteiger partial charge in [-0.15, -0.1) is 26.3 Å². The second-order valence-corrected chi connectivity index (χ2v) is 5.98. The molecule has 2 unspecified atom stereocenters. The lowest BCUT2D eigenvalue weighted by Crippen LogP contribution is -2.25. The molecule has 0 aliphatic carbocycles. The van der Waals surface area contributed by atoms with Crippen LogP contribution >= 0.6 is 0 Å². The van der Waals surface area contributed by atoms with Crippen molar-refractivity contribution < 1.29 is 0 Å². The molecule has 25 heavy (non-hydrogen) atoms. The second-order valence-electron chi connectivity index (χ2n) is 5.98. The Morgan fingerprint density at radius 1 is 0.680 bits per heavy atom. The molecule has 0 bridgehead atoms. The molecule has 0 fully saturated rings. The third-order valence-corrected chi connectivity index (χ3v) is 4.34. The predicted octanol–water partition coefficient (Wildman–Crippen LogP) is 5.89. The number of benzene rings is 2. The highest BCUT2D eigenvalue weighted by molar-refractivity contribution is 5.37. The highest BCUT2D eigenvalue weighted by Crippen LogP contribution is 2.26. The van der Waals surface area contributed by atoms with Gasteiger partial charge in [-0.05, 0) is 35.1 Å². The molecule has 0 radical (unpaired) electrons. The highest BCUT2D eigenvalue weighted by atomic mass is 14.9. The number of allylic oxidation sites excluding steroid dienone is 2. The molecule has 2 rings (SSSR count). The quantitative estimate of drug-likeness (QED) is 0.536. The van der Waals surface area contributed by atoms with Crippen molar-refractivity contribution >= 4 is 0 Å². The van der Waals surface area contributed by atoms with Crippen LogP contribution in [0.4, 0.5) is 0 Å². The lowest BCUT2D eigenvalue weighted by Gasteiger charge is -2.25. The van der Waals surface area contributed by atoms with Crippen LogP contribution in [0.5, 0.6) is 0 Å². The molecule has 2 atom stereocenters. The van der Waals surface area contributed by atoms with E-state index >= 15 is 0 Å². The first kappa shape index (κ1) is 18.7. The number of hydrogen-bond acceptors (Lipinski definition) is 1. The molecule has 0 heterocycles. The first-order valence-electron chi connectivity index (χ1n) is 8.63. The van der Waals surface area contributed by atoms with Gasteiger partial charge >= 0.3 is 0 Å². The average molecular weight is 329 g/mol. The summed E-state index contributed by atoms with van der Waals surface area (Å²) < 4.78 is 0. The lowest BCUT2D eigenvalue weighted by molar-refractivity contribution is 0.560. The standard InChI is InChI=1S/C24H27N/c1-5-13-19-15-9-11-17-21(19)23(7-3)25-24(8-4)22-18-12-10-16-20(22)14-6-2/h5-12,15-18,23-25H,1-4,13-14H2. The summed E-state index contributed by atoms with van der Waals surface area (Å²) in [5.41, 5.74) is 4.98. The third-order valence-electron chi connectivity index (χ3n) is 4.34. The Balaban J connectivity index is 2.34. The van der Waals surface area contributed by atoms with Gasteiger partial charge in [-0.25, -0.2) is 0 Å². The van der Waals surface area contributed by atoms with Crippen molar-refractivity contribution in [3.8, 4) is 0 Å². The van der Waals surface area contributed by atoms with Crippen LogP contribution < -0.4 is 5.32 Å². The van der Waals surface area contributed by atoms with E-state index in [1.807, 2.05) is 24.3 Å². The Bertz CT molecular complexity index is 678. The smallest absolute Gasteiger partial charge is 0.0513 e. The summed E-state index contributed by atoms with van der Waals surface area (Å²) in [5, 5.41) is 3.68. The normalized spacial score (nSPS) is 12.8. The van der Waals surface area contributed by atoms with E-state index in [4.69, 9.17) is 0 Å². The van der Waals surface area contributed by atoms with E-state index in [1.54, 1.807) is 0 Å². The zero-order valence-electron chi connectivity index (χ0n) is 14.8. The Morgan fingerprint density at radius 2 is 1.08 bits per heavy atom. The van der Waals surface area contributed by atoms with Crippen molar-refractivity contribution in [2.45, 2.75) is 24.9 Å². The second kappa shape index (κ2) is 9.61. The van der Waals surface area contributed by atoms with Crippen LogP contribution in [0.3, 0.4) is 0 Å². The summed E-state index contributed by atoms with van der Waals surface area (Å²) in [6, 6.07) is 16.9. The van der Waals surface area contributed by atoms with Crippen molar-refractivity contribution in [1.29, 1.82) is 0 Å². The van der Waals surface area contributed by atoms with E-state index in [-0.39, 0.29) is 12.1 Å². The van der Waals surface area contributed by atoms with Crippen molar-refractivity contribution in [2.24, 2.45) is 0 Å². The van der Waals surface area contributed by atoms with Gasteiger partial charge in [0.25, 0.3) is 0 Å². The first-order chi connectivity index (χ1) is 12.2. The minimum Gasteiger partial charge on any atom is -0.296 e. The van der Waals surface area contributed by atoms with Gasteiger partial charge in [-0.1, -0.05) is 72.8 Å². The van der Waals surface area contributed by atoms with Crippen LogP contribution in [0.15, 0.2) is 99.2 Å². The maximum absolute atomic E-state index is 4.04. The molecule has 0 spiro atoms. The van der Waals surface area contributed by atoms with Crippen molar-refractivity contribution in [3.05, 3.63) is 121 Å². The highest BCUT2D eigenvalue weighted by Gasteiger charge is 2.17. The minimum absolute atomic E-state index is 0.0379. The van der Waals surface area contributed by atoms with E-state index in [1.165, 1.54) is 22.3 Å². The van der Waals surface area contributed by atoms with E-state index in [0.29, 0.717) is 0 Å². The molecule has 0 aromatic heterocycles. The number of nitrogens with one attached hydrogen (secondary N) is 1.